The van der Waals surface area contributed by atoms with E-state index in [9.17, 15) is 4.39 Å². The third-order valence-corrected chi connectivity index (χ3v) is 3.73. The summed E-state index contributed by atoms with van der Waals surface area (Å²) in [5, 5.41) is 0. The zero-order chi connectivity index (χ0) is 14.9. The molecular formula is C16H17BrFNO. The maximum atomic E-state index is 13.5. The molecule has 0 aromatic heterocycles. The van der Waals surface area contributed by atoms with Crippen LogP contribution in [0.3, 0.4) is 0 Å². The molecule has 0 aliphatic carbocycles. The summed E-state index contributed by atoms with van der Waals surface area (Å²) in [6.07, 6.45) is 0. The standard InChI is InChI=1S/C16H17BrFNO/c1-9-4-10(2)15(14(5-9)20-3)16(19)11-6-12(17)8-13(18)7-11/h4-8,16H,19H2,1-3H3. The van der Waals surface area contributed by atoms with Gasteiger partial charge in [-0.25, -0.2) is 4.39 Å². The third-order valence-electron chi connectivity index (χ3n) is 3.27. The van der Waals surface area contributed by atoms with E-state index < -0.39 is 6.04 Å². The number of hydrogen-bond donors (Lipinski definition) is 1. The lowest BCUT2D eigenvalue weighted by Gasteiger charge is -2.20. The molecule has 0 bridgehead atoms. The molecule has 2 aromatic rings. The summed E-state index contributed by atoms with van der Waals surface area (Å²) in [6, 6.07) is 8.25. The molecular weight excluding hydrogens is 321 g/mol. The molecule has 1 atom stereocenters. The van der Waals surface area contributed by atoms with Crippen molar-refractivity contribution in [2.45, 2.75) is 19.9 Å². The first-order valence-corrected chi connectivity index (χ1v) is 7.08. The van der Waals surface area contributed by atoms with E-state index in [1.54, 1.807) is 7.11 Å². The van der Waals surface area contributed by atoms with Gasteiger partial charge in [-0.3, -0.25) is 0 Å². The minimum Gasteiger partial charge on any atom is -0.496 e. The monoisotopic (exact) mass is 337 g/mol. The van der Waals surface area contributed by atoms with Gasteiger partial charge in [0, 0.05) is 10.0 Å². The maximum Gasteiger partial charge on any atom is 0.124 e. The molecule has 2 rings (SSSR count). The van der Waals surface area contributed by atoms with Crippen LogP contribution in [-0.4, -0.2) is 7.11 Å². The van der Waals surface area contributed by atoms with Crippen LogP contribution < -0.4 is 10.5 Å². The molecule has 0 radical (unpaired) electrons. The highest BCUT2D eigenvalue weighted by molar-refractivity contribution is 9.10. The molecule has 1 unspecified atom stereocenters. The second-order valence-corrected chi connectivity index (χ2v) is 5.79. The van der Waals surface area contributed by atoms with Gasteiger partial charge in [0.2, 0.25) is 0 Å². The molecule has 0 aliphatic heterocycles. The Balaban J connectivity index is 2.55. The average Bonchev–Trinajstić information content (AvgIpc) is 2.35. The fourth-order valence-electron chi connectivity index (χ4n) is 2.43. The molecule has 0 saturated carbocycles. The molecule has 4 heteroatoms. The first kappa shape index (κ1) is 15.0. The van der Waals surface area contributed by atoms with Crippen molar-refractivity contribution in [3.8, 4) is 5.75 Å². The Morgan fingerprint density at radius 3 is 2.45 bits per heavy atom. The van der Waals surface area contributed by atoms with Crippen LogP contribution >= 0.6 is 15.9 Å². The summed E-state index contributed by atoms with van der Waals surface area (Å²) in [4.78, 5) is 0. The van der Waals surface area contributed by atoms with Crippen molar-refractivity contribution < 1.29 is 9.13 Å². The van der Waals surface area contributed by atoms with E-state index in [2.05, 4.69) is 15.9 Å². The Hall–Kier alpha value is -1.39. The molecule has 0 spiro atoms. The van der Waals surface area contributed by atoms with Gasteiger partial charge >= 0.3 is 0 Å². The lowest BCUT2D eigenvalue weighted by atomic mass is 9.93. The summed E-state index contributed by atoms with van der Waals surface area (Å²) >= 11 is 3.29. The highest BCUT2D eigenvalue weighted by Crippen LogP contribution is 2.33. The predicted octanol–water partition coefficient (Wildman–Crippen LogP) is 4.26. The van der Waals surface area contributed by atoms with Crippen LogP contribution in [0.25, 0.3) is 0 Å². The normalized spacial score (nSPS) is 12.3. The number of ether oxygens (including phenoxy) is 1. The minimum atomic E-state index is -0.433. The molecule has 2 nitrogen and oxygen atoms in total. The van der Waals surface area contributed by atoms with Gasteiger partial charge < -0.3 is 10.5 Å². The van der Waals surface area contributed by atoms with Crippen molar-refractivity contribution in [3.63, 3.8) is 0 Å². The van der Waals surface area contributed by atoms with Crippen LogP contribution in [0.15, 0.2) is 34.8 Å². The SMILES string of the molecule is COc1cc(C)cc(C)c1C(N)c1cc(F)cc(Br)c1. The Morgan fingerprint density at radius 1 is 1.15 bits per heavy atom. The number of hydrogen-bond acceptors (Lipinski definition) is 2. The van der Waals surface area contributed by atoms with Crippen molar-refractivity contribution in [1.29, 1.82) is 0 Å². The van der Waals surface area contributed by atoms with Crippen molar-refractivity contribution in [3.05, 3.63) is 62.9 Å². The van der Waals surface area contributed by atoms with E-state index in [1.807, 2.05) is 32.0 Å². The lowest BCUT2D eigenvalue weighted by Crippen LogP contribution is -2.15. The van der Waals surface area contributed by atoms with Crippen molar-refractivity contribution in [2.24, 2.45) is 5.73 Å². The summed E-state index contributed by atoms with van der Waals surface area (Å²) in [5.41, 5.74) is 10.1. The van der Waals surface area contributed by atoms with Gasteiger partial charge in [-0.15, -0.1) is 0 Å². The number of benzene rings is 2. The number of nitrogens with two attached hydrogens (primary N) is 1. The molecule has 0 heterocycles. The van der Waals surface area contributed by atoms with Gasteiger partial charge in [0.1, 0.15) is 11.6 Å². The fourth-order valence-corrected chi connectivity index (χ4v) is 2.91. The highest BCUT2D eigenvalue weighted by atomic mass is 79.9. The van der Waals surface area contributed by atoms with Crippen LogP contribution in [0, 0.1) is 19.7 Å². The Morgan fingerprint density at radius 2 is 1.85 bits per heavy atom. The van der Waals surface area contributed by atoms with Gasteiger partial charge in [0.15, 0.2) is 0 Å². The summed E-state index contributed by atoms with van der Waals surface area (Å²) in [5.74, 6) is 0.420. The Labute approximate surface area is 126 Å². The fraction of sp³-hybridized carbons (Fsp3) is 0.250. The van der Waals surface area contributed by atoms with E-state index in [4.69, 9.17) is 10.5 Å². The van der Waals surface area contributed by atoms with Gasteiger partial charge in [-0.05, 0) is 54.8 Å². The molecule has 0 aliphatic rings. The molecule has 0 amide bonds. The van der Waals surface area contributed by atoms with Crippen LogP contribution in [0.1, 0.15) is 28.3 Å². The van der Waals surface area contributed by atoms with Crippen molar-refractivity contribution >= 4 is 15.9 Å². The molecule has 20 heavy (non-hydrogen) atoms. The second-order valence-electron chi connectivity index (χ2n) is 4.88. The quantitative estimate of drug-likeness (QED) is 0.907. The maximum absolute atomic E-state index is 13.5. The predicted molar refractivity (Wildman–Crippen MR) is 82.6 cm³/mol. The lowest BCUT2D eigenvalue weighted by molar-refractivity contribution is 0.407. The molecule has 106 valence electrons. The highest BCUT2D eigenvalue weighted by Gasteiger charge is 2.18. The van der Waals surface area contributed by atoms with Crippen LogP contribution in [0.2, 0.25) is 0 Å². The zero-order valence-corrected chi connectivity index (χ0v) is 13.3. The van der Waals surface area contributed by atoms with E-state index in [0.717, 1.165) is 22.4 Å². The zero-order valence-electron chi connectivity index (χ0n) is 11.7. The molecule has 2 aromatic carbocycles. The summed E-state index contributed by atoms with van der Waals surface area (Å²) in [7, 11) is 1.62. The third kappa shape index (κ3) is 3.02. The summed E-state index contributed by atoms with van der Waals surface area (Å²) < 4.78 is 19.6. The van der Waals surface area contributed by atoms with Gasteiger partial charge in [-0.2, -0.15) is 0 Å². The average molecular weight is 338 g/mol. The Bertz CT molecular complexity index is 622. The van der Waals surface area contributed by atoms with Gasteiger partial charge in [-0.1, -0.05) is 22.0 Å². The molecule has 2 N–H and O–H groups in total. The number of rotatable bonds is 3. The van der Waals surface area contributed by atoms with Crippen molar-refractivity contribution in [2.75, 3.05) is 7.11 Å². The first-order valence-electron chi connectivity index (χ1n) is 6.29. The van der Waals surface area contributed by atoms with Crippen LogP contribution in [0.5, 0.6) is 5.75 Å². The molecule has 0 saturated heterocycles. The van der Waals surface area contributed by atoms with Gasteiger partial charge in [0.05, 0.1) is 13.2 Å². The minimum absolute atomic E-state index is 0.312. The van der Waals surface area contributed by atoms with Crippen LogP contribution in [0.4, 0.5) is 4.39 Å². The molecule has 0 fully saturated rings. The summed E-state index contributed by atoms with van der Waals surface area (Å²) in [6.45, 7) is 3.99. The van der Waals surface area contributed by atoms with E-state index >= 15 is 0 Å². The number of halogens is 2. The topological polar surface area (TPSA) is 35.2 Å². The van der Waals surface area contributed by atoms with Gasteiger partial charge in [0.25, 0.3) is 0 Å². The van der Waals surface area contributed by atoms with E-state index in [-0.39, 0.29) is 5.82 Å². The van der Waals surface area contributed by atoms with E-state index in [1.165, 1.54) is 12.1 Å². The first-order chi connectivity index (χ1) is 9.42. The Kier molecular flexibility index (Phi) is 4.45. The smallest absolute Gasteiger partial charge is 0.124 e. The van der Waals surface area contributed by atoms with Crippen LogP contribution in [-0.2, 0) is 0 Å². The largest absolute Gasteiger partial charge is 0.496 e. The number of aryl methyl sites for hydroxylation is 2. The van der Waals surface area contributed by atoms with Crippen molar-refractivity contribution in [1.82, 2.24) is 0 Å². The number of methoxy groups -OCH3 is 1. The second kappa shape index (κ2) is 5.94. The van der Waals surface area contributed by atoms with E-state index in [0.29, 0.717) is 10.0 Å².